The molecule has 1 aromatic heterocycles. The Morgan fingerprint density at radius 3 is 3.00 bits per heavy atom. The van der Waals surface area contributed by atoms with Gasteiger partial charge in [0.05, 0.1) is 5.01 Å². The first-order valence-corrected chi connectivity index (χ1v) is 7.01. The van der Waals surface area contributed by atoms with Gasteiger partial charge in [-0.05, 0) is 32.2 Å². The number of aryl methyl sites for hydroxylation is 1. The highest BCUT2D eigenvalue weighted by Crippen LogP contribution is 2.23. The monoisotopic (exact) mass is 253 g/mol. The normalized spacial score (nSPS) is 24.6. The van der Waals surface area contributed by atoms with Gasteiger partial charge in [-0.2, -0.15) is 0 Å². The lowest BCUT2D eigenvalue weighted by molar-refractivity contribution is 0.0903. The summed E-state index contributed by atoms with van der Waals surface area (Å²) in [5.41, 5.74) is 6.28. The fraction of sp³-hybridized carbons (Fsp3) is 0.667. The Morgan fingerprint density at radius 1 is 1.59 bits per heavy atom. The first-order valence-electron chi connectivity index (χ1n) is 6.13. The van der Waals surface area contributed by atoms with Crippen molar-refractivity contribution >= 4 is 17.2 Å². The maximum atomic E-state index is 12.0. The molecule has 1 amide bonds. The van der Waals surface area contributed by atoms with Crippen LogP contribution in [0.4, 0.5) is 0 Å². The lowest BCUT2D eigenvalue weighted by Gasteiger charge is -2.31. The topological polar surface area (TPSA) is 68.0 Å². The van der Waals surface area contributed by atoms with Gasteiger partial charge in [-0.1, -0.05) is 12.8 Å². The Bertz CT molecular complexity index is 391. The van der Waals surface area contributed by atoms with Crippen LogP contribution in [0.1, 0.15) is 41.2 Å². The molecule has 0 bridgehead atoms. The maximum Gasteiger partial charge on any atom is 0.270 e. The minimum atomic E-state index is -0.0558. The molecular weight excluding hydrogens is 234 g/mol. The van der Waals surface area contributed by atoms with E-state index in [0.717, 1.165) is 17.8 Å². The van der Waals surface area contributed by atoms with Crippen molar-refractivity contribution in [3.63, 3.8) is 0 Å². The maximum absolute atomic E-state index is 12.0. The third-order valence-corrected chi connectivity index (χ3v) is 4.15. The van der Waals surface area contributed by atoms with Gasteiger partial charge >= 0.3 is 0 Å². The number of amides is 1. The first kappa shape index (κ1) is 12.5. The van der Waals surface area contributed by atoms with Crippen LogP contribution < -0.4 is 11.1 Å². The van der Waals surface area contributed by atoms with Crippen LogP contribution in [0.15, 0.2) is 5.38 Å². The highest BCUT2D eigenvalue weighted by atomic mass is 32.1. The molecule has 0 spiro atoms. The van der Waals surface area contributed by atoms with E-state index in [0.29, 0.717) is 18.2 Å². The van der Waals surface area contributed by atoms with Crippen molar-refractivity contribution in [1.82, 2.24) is 10.3 Å². The minimum absolute atomic E-state index is 0.0558. The molecule has 5 heteroatoms. The molecule has 1 heterocycles. The van der Waals surface area contributed by atoms with Crippen molar-refractivity contribution in [2.75, 3.05) is 6.54 Å². The van der Waals surface area contributed by atoms with E-state index in [2.05, 4.69) is 10.3 Å². The number of hydrogen-bond acceptors (Lipinski definition) is 4. The number of carbonyl (C=O) groups is 1. The highest BCUT2D eigenvalue weighted by Gasteiger charge is 2.26. The Kier molecular flexibility index (Phi) is 4.12. The van der Waals surface area contributed by atoms with Gasteiger partial charge in [-0.15, -0.1) is 11.3 Å². The van der Waals surface area contributed by atoms with Gasteiger partial charge in [0.1, 0.15) is 5.69 Å². The third-order valence-electron chi connectivity index (χ3n) is 3.38. The van der Waals surface area contributed by atoms with Crippen LogP contribution in [0.2, 0.25) is 0 Å². The smallest absolute Gasteiger partial charge is 0.270 e. The SMILES string of the molecule is Cc1nc(C(=O)NC2CCCCC2CN)cs1. The van der Waals surface area contributed by atoms with E-state index in [4.69, 9.17) is 5.73 Å². The lowest BCUT2D eigenvalue weighted by Crippen LogP contribution is -2.44. The summed E-state index contributed by atoms with van der Waals surface area (Å²) in [4.78, 5) is 16.2. The lowest BCUT2D eigenvalue weighted by atomic mass is 9.84. The fourth-order valence-corrected chi connectivity index (χ4v) is 2.98. The molecule has 1 aromatic rings. The van der Waals surface area contributed by atoms with Gasteiger partial charge in [-0.3, -0.25) is 4.79 Å². The summed E-state index contributed by atoms with van der Waals surface area (Å²) in [7, 11) is 0. The summed E-state index contributed by atoms with van der Waals surface area (Å²) in [6, 6.07) is 0.225. The second-order valence-corrected chi connectivity index (χ2v) is 5.67. The molecule has 0 radical (unpaired) electrons. The fourth-order valence-electron chi connectivity index (χ4n) is 2.39. The Morgan fingerprint density at radius 2 is 2.35 bits per heavy atom. The Balaban J connectivity index is 1.97. The second kappa shape index (κ2) is 5.60. The average Bonchev–Trinajstić information content (AvgIpc) is 2.77. The number of nitrogens with one attached hydrogen (secondary N) is 1. The summed E-state index contributed by atoms with van der Waals surface area (Å²) in [5.74, 6) is 0.368. The Hall–Kier alpha value is -0.940. The van der Waals surface area contributed by atoms with Gasteiger partial charge < -0.3 is 11.1 Å². The van der Waals surface area contributed by atoms with Gasteiger partial charge in [0.25, 0.3) is 5.91 Å². The zero-order valence-corrected chi connectivity index (χ0v) is 10.9. The molecule has 1 aliphatic rings. The number of rotatable bonds is 3. The van der Waals surface area contributed by atoms with E-state index in [-0.39, 0.29) is 11.9 Å². The molecule has 1 fully saturated rings. The molecule has 3 N–H and O–H groups in total. The number of nitrogens with zero attached hydrogens (tertiary/aromatic N) is 1. The molecular formula is C12H19N3OS. The van der Waals surface area contributed by atoms with Crippen molar-refractivity contribution in [3.05, 3.63) is 16.1 Å². The second-order valence-electron chi connectivity index (χ2n) is 4.61. The predicted octanol–water partition coefficient (Wildman–Crippen LogP) is 1.70. The molecule has 2 unspecified atom stereocenters. The molecule has 0 saturated heterocycles. The molecule has 0 aliphatic heterocycles. The van der Waals surface area contributed by atoms with E-state index in [1.807, 2.05) is 12.3 Å². The van der Waals surface area contributed by atoms with Gasteiger partial charge in [0.2, 0.25) is 0 Å². The van der Waals surface area contributed by atoms with E-state index in [1.54, 1.807) is 0 Å². The highest BCUT2D eigenvalue weighted by molar-refractivity contribution is 7.09. The molecule has 4 nitrogen and oxygen atoms in total. The number of thiazole rings is 1. The minimum Gasteiger partial charge on any atom is -0.348 e. The van der Waals surface area contributed by atoms with Crippen LogP contribution in [0.3, 0.4) is 0 Å². The molecule has 2 atom stereocenters. The molecule has 0 aromatic carbocycles. The quantitative estimate of drug-likeness (QED) is 0.861. The first-order chi connectivity index (χ1) is 8.20. The van der Waals surface area contributed by atoms with Crippen LogP contribution in [0.5, 0.6) is 0 Å². The predicted molar refractivity (Wildman–Crippen MR) is 69.1 cm³/mol. The molecule has 17 heavy (non-hydrogen) atoms. The molecule has 94 valence electrons. The van der Waals surface area contributed by atoms with Crippen molar-refractivity contribution in [1.29, 1.82) is 0 Å². The van der Waals surface area contributed by atoms with Crippen molar-refractivity contribution in [2.24, 2.45) is 11.7 Å². The van der Waals surface area contributed by atoms with Crippen LogP contribution in [0, 0.1) is 12.8 Å². The largest absolute Gasteiger partial charge is 0.348 e. The summed E-state index contributed by atoms with van der Waals surface area (Å²) in [5, 5.41) is 5.81. The number of carbonyl (C=O) groups excluding carboxylic acids is 1. The van der Waals surface area contributed by atoms with Crippen molar-refractivity contribution in [3.8, 4) is 0 Å². The van der Waals surface area contributed by atoms with Crippen molar-refractivity contribution < 1.29 is 4.79 Å². The third kappa shape index (κ3) is 3.04. The molecule has 1 aliphatic carbocycles. The summed E-state index contributed by atoms with van der Waals surface area (Å²) < 4.78 is 0. The summed E-state index contributed by atoms with van der Waals surface area (Å²) in [6.07, 6.45) is 4.57. The van der Waals surface area contributed by atoms with Crippen LogP contribution in [0.25, 0.3) is 0 Å². The number of hydrogen-bond donors (Lipinski definition) is 2. The van der Waals surface area contributed by atoms with Crippen LogP contribution in [-0.2, 0) is 0 Å². The zero-order valence-electron chi connectivity index (χ0n) is 10.1. The average molecular weight is 253 g/mol. The van der Waals surface area contributed by atoms with E-state index in [9.17, 15) is 4.79 Å². The van der Waals surface area contributed by atoms with Crippen LogP contribution in [-0.4, -0.2) is 23.5 Å². The summed E-state index contributed by atoms with van der Waals surface area (Å²) >= 11 is 1.50. The zero-order chi connectivity index (χ0) is 12.3. The standard InChI is InChI=1S/C12H19N3OS/c1-8-14-11(7-17-8)12(16)15-10-5-3-2-4-9(10)6-13/h7,9-10H,2-6,13H2,1H3,(H,15,16). The number of aromatic nitrogens is 1. The van der Waals surface area contributed by atoms with E-state index in [1.165, 1.54) is 24.2 Å². The molecule has 2 rings (SSSR count). The summed E-state index contributed by atoms with van der Waals surface area (Å²) in [6.45, 7) is 2.56. The van der Waals surface area contributed by atoms with E-state index >= 15 is 0 Å². The van der Waals surface area contributed by atoms with Crippen LogP contribution >= 0.6 is 11.3 Å². The van der Waals surface area contributed by atoms with E-state index < -0.39 is 0 Å². The number of nitrogens with two attached hydrogens (primary N) is 1. The van der Waals surface area contributed by atoms with Gasteiger partial charge in [-0.25, -0.2) is 4.98 Å². The van der Waals surface area contributed by atoms with Crippen molar-refractivity contribution in [2.45, 2.75) is 38.6 Å². The van der Waals surface area contributed by atoms with Gasteiger partial charge in [0.15, 0.2) is 0 Å². The van der Waals surface area contributed by atoms with Gasteiger partial charge in [0, 0.05) is 11.4 Å². The molecule has 1 saturated carbocycles. The Labute approximate surface area is 106 Å².